The molecule has 0 aliphatic heterocycles. The number of esters is 1. The lowest BCUT2D eigenvalue weighted by Crippen LogP contribution is -2.10. The lowest BCUT2D eigenvalue weighted by molar-refractivity contribution is 0.0516. The fraction of sp³-hybridized carbons (Fsp3) is 0.375. The summed E-state index contributed by atoms with van der Waals surface area (Å²) in [5.74, 6) is -0.173. The van der Waals surface area contributed by atoms with E-state index in [0.717, 1.165) is 0 Å². The third-order valence-corrected chi connectivity index (χ3v) is 2.35. The zero-order chi connectivity index (χ0) is 10.7. The van der Waals surface area contributed by atoms with Crippen LogP contribution in [0.15, 0.2) is 9.73 Å². The van der Waals surface area contributed by atoms with E-state index < -0.39 is 5.97 Å². The summed E-state index contributed by atoms with van der Waals surface area (Å²) >= 11 is 3.18. The molecule has 76 valence electrons. The summed E-state index contributed by atoms with van der Waals surface area (Å²) in [6.07, 6.45) is 0. The van der Waals surface area contributed by atoms with E-state index in [-0.39, 0.29) is 5.82 Å². The summed E-state index contributed by atoms with van der Waals surface area (Å²) in [5.41, 5.74) is 0.300. The highest BCUT2D eigenvalue weighted by molar-refractivity contribution is 9.10. The Bertz CT molecular complexity index is 373. The Balaban J connectivity index is 3.17. The highest BCUT2D eigenvalue weighted by Gasteiger charge is 2.20. The van der Waals surface area contributed by atoms with Gasteiger partial charge in [0.1, 0.15) is 0 Å². The maximum absolute atomic E-state index is 11.5. The Labute approximate surface area is 89.9 Å². The lowest BCUT2D eigenvalue weighted by atomic mass is 10.4. The average molecular weight is 260 g/mol. The number of aliphatic imine (C=N–C) groups is 1. The molecule has 0 unspecified atom stereocenters. The van der Waals surface area contributed by atoms with Crippen LogP contribution in [0.5, 0.6) is 0 Å². The molecule has 6 heteroatoms. The summed E-state index contributed by atoms with van der Waals surface area (Å²) < 4.78 is 6.93. The molecule has 1 rings (SSSR count). The van der Waals surface area contributed by atoms with Crippen molar-refractivity contribution in [2.75, 3.05) is 6.61 Å². The molecule has 0 saturated carbocycles. The van der Waals surface area contributed by atoms with E-state index in [1.165, 1.54) is 0 Å². The van der Waals surface area contributed by atoms with Crippen LogP contribution in [0, 0.1) is 0 Å². The molecule has 0 bridgehead atoms. The molecule has 1 aromatic heterocycles. The van der Waals surface area contributed by atoms with Gasteiger partial charge in [-0.1, -0.05) is 0 Å². The van der Waals surface area contributed by atoms with Gasteiger partial charge in [0.05, 0.1) is 6.61 Å². The van der Waals surface area contributed by atoms with Gasteiger partial charge >= 0.3 is 5.97 Å². The maximum atomic E-state index is 11.5. The first-order valence-corrected chi connectivity index (χ1v) is 4.77. The predicted octanol–water partition coefficient (Wildman–Crippen LogP) is 1.69. The van der Waals surface area contributed by atoms with Gasteiger partial charge in [0.2, 0.25) is 0 Å². The van der Waals surface area contributed by atoms with Gasteiger partial charge < -0.3 is 9.30 Å². The van der Waals surface area contributed by atoms with E-state index in [1.54, 1.807) is 18.5 Å². The molecule has 0 aromatic carbocycles. The van der Waals surface area contributed by atoms with Crippen molar-refractivity contribution >= 4 is 34.4 Å². The monoisotopic (exact) mass is 259 g/mol. The molecule has 0 N–H and O–H groups in total. The Morgan fingerprint density at radius 2 is 2.43 bits per heavy atom. The zero-order valence-corrected chi connectivity index (χ0v) is 9.54. The number of carbonyl (C=O) groups is 1. The SMILES string of the molecule is C=Nc1nc(Br)n(C)c1C(=O)OCC. The van der Waals surface area contributed by atoms with Gasteiger partial charge in [-0.25, -0.2) is 14.8 Å². The molecule has 1 aromatic rings. The van der Waals surface area contributed by atoms with E-state index in [9.17, 15) is 4.79 Å². The number of hydrogen-bond donors (Lipinski definition) is 0. The van der Waals surface area contributed by atoms with E-state index >= 15 is 0 Å². The molecule has 0 spiro atoms. The fourth-order valence-electron chi connectivity index (χ4n) is 0.996. The number of hydrogen-bond acceptors (Lipinski definition) is 4. The van der Waals surface area contributed by atoms with E-state index in [1.807, 2.05) is 0 Å². The Kier molecular flexibility index (Phi) is 3.40. The van der Waals surface area contributed by atoms with Crippen molar-refractivity contribution in [1.82, 2.24) is 9.55 Å². The van der Waals surface area contributed by atoms with Crippen LogP contribution in [0.25, 0.3) is 0 Å². The quantitative estimate of drug-likeness (QED) is 0.613. The topological polar surface area (TPSA) is 56.5 Å². The maximum Gasteiger partial charge on any atom is 0.358 e. The summed E-state index contributed by atoms with van der Waals surface area (Å²) in [6.45, 7) is 5.39. The number of rotatable bonds is 3. The lowest BCUT2D eigenvalue weighted by Gasteiger charge is -2.02. The Hall–Kier alpha value is -1.17. The summed E-state index contributed by atoms with van der Waals surface area (Å²) in [4.78, 5) is 19.1. The fourth-order valence-corrected chi connectivity index (χ4v) is 1.34. The molecular weight excluding hydrogens is 250 g/mol. The largest absolute Gasteiger partial charge is 0.461 e. The van der Waals surface area contributed by atoms with Crippen LogP contribution in [0.3, 0.4) is 0 Å². The third kappa shape index (κ3) is 1.84. The minimum absolute atomic E-state index is 0.276. The molecule has 0 radical (unpaired) electrons. The van der Waals surface area contributed by atoms with Crippen LogP contribution in [0.4, 0.5) is 5.82 Å². The second-order valence-electron chi connectivity index (χ2n) is 2.49. The first kappa shape index (κ1) is 10.9. The first-order valence-electron chi connectivity index (χ1n) is 3.97. The molecule has 0 amide bonds. The number of imidazole rings is 1. The molecule has 0 saturated heterocycles. The van der Waals surface area contributed by atoms with Gasteiger partial charge in [0, 0.05) is 7.05 Å². The highest BCUT2D eigenvalue weighted by atomic mass is 79.9. The Morgan fingerprint density at radius 3 is 2.93 bits per heavy atom. The molecule has 0 fully saturated rings. The van der Waals surface area contributed by atoms with Crippen molar-refractivity contribution in [2.45, 2.75) is 6.92 Å². The van der Waals surface area contributed by atoms with Crippen molar-refractivity contribution in [3.05, 3.63) is 10.4 Å². The molecule has 14 heavy (non-hydrogen) atoms. The molecular formula is C8H10BrN3O2. The van der Waals surface area contributed by atoms with E-state index in [2.05, 4.69) is 32.6 Å². The van der Waals surface area contributed by atoms with Crippen LogP contribution >= 0.6 is 15.9 Å². The number of halogens is 1. The first-order chi connectivity index (χ1) is 6.61. The van der Waals surface area contributed by atoms with Gasteiger partial charge in [-0.05, 0) is 29.6 Å². The normalized spacial score (nSPS) is 9.93. The minimum atomic E-state index is -0.449. The predicted molar refractivity (Wildman–Crippen MR) is 56.1 cm³/mol. The average Bonchev–Trinajstić information content (AvgIpc) is 2.43. The van der Waals surface area contributed by atoms with Crippen LogP contribution in [0.2, 0.25) is 0 Å². The molecule has 5 nitrogen and oxygen atoms in total. The van der Waals surface area contributed by atoms with Crippen LogP contribution < -0.4 is 0 Å². The second kappa shape index (κ2) is 4.36. The summed E-state index contributed by atoms with van der Waals surface area (Å²) in [6, 6.07) is 0. The smallest absolute Gasteiger partial charge is 0.358 e. The molecule has 0 aliphatic rings. The number of aromatic nitrogens is 2. The number of carbonyl (C=O) groups excluding carboxylic acids is 1. The van der Waals surface area contributed by atoms with Gasteiger partial charge in [0.25, 0.3) is 0 Å². The van der Waals surface area contributed by atoms with Crippen molar-refractivity contribution in [2.24, 2.45) is 12.0 Å². The summed E-state index contributed by atoms with van der Waals surface area (Å²) in [5, 5.41) is 0. The highest BCUT2D eigenvalue weighted by Crippen LogP contribution is 2.22. The Morgan fingerprint density at radius 1 is 1.79 bits per heavy atom. The van der Waals surface area contributed by atoms with Crippen molar-refractivity contribution in [3.8, 4) is 0 Å². The summed E-state index contributed by atoms with van der Waals surface area (Å²) in [7, 11) is 1.69. The second-order valence-corrected chi connectivity index (χ2v) is 3.20. The van der Waals surface area contributed by atoms with Gasteiger partial charge in [-0.2, -0.15) is 0 Å². The zero-order valence-electron chi connectivity index (χ0n) is 7.95. The van der Waals surface area contributed by atoms with Crippen LogP contribution in [-0.4, -0.2) is 28.8 Å². The van der Waals surface area contributed by atoms with Crippen molar-refractivity contribution < 1.29 is 9.53 Å². The number of nitrogens with zero attached hydrogens (tertiary/aromatic N) is 3. The molecule has 0 aliphatic carbocycles. The van der Waals surface area contributed by atoms with E-state index in [0.29, 0.717) is 17.0 Å². The third-order valence-electron chi connectivity index (χ3n) is 1.64. The van der Waals surface area contributed by atoms with Crippen LogP contribution in [0.1, 0.15) is 17.4 Å². The molecule has 0 atom stereocenters. The minimum Gasteiger partial charge on any atom is -0.461 e. The van der Waals surface area contributed by atoms with Crippen molar-refractivity contribution in [3.63, 3.8) is 0 Å². The van der Waals surface area contributed by atoms with Crippen molar-refractivity contribution in [1.29, 1.82) is 0 Å². The standard InChI is InChI=1S/C8H10BrN3O2/c1-4-14-7(13)5-6(10-2)11-8(9)12(5)3/h2,4H2,1,3H3. The van der Waals surface area contributed by atoms with Gasteiger partial charge in [-0.15, -0.1) is 0 Å². The number of ether oxygens (including phenoxy) is 1. The molecule has 1 heterocycles. The van der Waals surface area contributed by atoms with Gasteiger partial charge in [0.15, 0.2) is 16.2 Å². The van der Waals surface area contributed by atoms with Crippen LogP contribution in [-0.2, 0) is 11.8 Å². The van der Waals surface area contributed by atoms with E-state index in [4.69, 9.17) is 4.74 Å². The van der Waals surface area contributed by atoms with Gasteiger partial charge in [-0.3, -0.25) is 0 Å².